The van der Waals surface area contributed by atoms with Gasteiger partial charge in [0.1, 0.15) is 0 Å². The van der Waals surface area contributed by atoms with E-state index in [-0.39, 0.29) is 30.7 Å². The molecule has 3 heterocycles. The molecule has 6 nitrogen and oxygen atoms in total. The highest BCUT2D eigenvalue weighted by molar-refractivity contribution is 7.10. The van der Waals surface area contributed by atoms with Gasteiger partial charge in [-0.15, -0.1) is 11.3 Å². The molecule has 3 amide bonds. The summed E-state index contributed by atoms with van der Waals surface area (Å²) in [4.78, 5) is 39.6. The third-order valence-electron chi connectivity index (χ3n) is 4.04. The van der Waals surface area contributed by atoms with Crippen molar-refractivity contribution in [2.45, 2.75) is 25.4 Å². The summed E-state index contributed by atoms with van der Waals surface area (Å²) >= 11 is 1.73. The first kappa shape index (κ1) is 14.2. The SMILES string of the molecule is CN1C(=O)CC(NCC(=O)N2CCc3sccc3C2)C1=O. The molecule has 0 radical (unpaired) electrons. The van der Waals surface area contributed by atoms with E-state index < -0.39 is 6.04 Å². The highest BCUT2D eigenvalue weighted by Crippen LogP contribution is 2.23. The molecule has 0 aliphatic carbocycles. The van der Waals surface area contributed by atoms with Crippen molar-refractivity contribution in [3.8, 4) is 0 Å². The van der Waals surface area contributed by atoms with E-state index in [4.69, 9.17) is 0 Å². The van der Waals surface area contributed by atoms with Gasteiger partial charge in [0.2, 0.25) is 17.7 Å². The molecule has 0 spiro atoms. The molecule has 1 aromatic heterocycles. The van der Waals surface area contributed by atoms with Crippen LogP contribution in [0.25, 0.3) is 0 Å². The van der Waals surface area contributed by atoms with Crippen molar-refractivity contribution >= 4 is 29.1 Å². The number of hydrogen-bond acceptors (Lipinski definition) is 5. The molecule has 0 bridgehead atoms. The summed E-state index contributed by atoms with van der Waals surface area (Å²) in [6.07, 6.45) is 1.03. The third-order valence-corrected chi connectivity index (χ3v) is 5.06. The van der Waals surface area contributed by atoms with E-state index in [2.05, 4.69) is 16.8 Å². The van der Waals surface area contributed by atoms with Gasteiger partial charge < -0.3 is 4.90 Å². The zero-order valence-corrected chi connectivity index (χ0v) is 12.6. The van der Waals surface area contributed by atoms with Gasteiger partial charge in [-0.05, 0) is 23.4 Å². The lowest BCUT2D eigenvalue weighted by molar-refractivity contribution is -0.137. The second-order valence-corrected chi connectivity index (χ2v) is 6.36. The minimum absolute atomic E-state index is 0.0262. The lowest BCUT2D eigenvalue weighted by Crippen LogP contribution is -2.45. The molecule has 1 aromatic rings. The first-order valence-electron chi connectivity index (χ1n) is 6.93. The van der Waals surface area contributed by atoms with E-state index in [0.29, 0.717) is 13.1 Å². The Hall–Kier alpha value is -1.73. The highest BCUT2D eigenvalue weighted by Gasteiger charge is 2.36. The number of likely N-dealkylation sites (N-methyl/N-ethyl adjacent to an activating group) is 1. The van der Waals surface area contributed by atoms with Crippen LogP contribution >= 0.6 is 11.3 Å². The van der Waals surface area contributed by atoms with Crippen LogP contribution in [0.4, 0.5) is 0 Å². The molecule has 21 heavy (non-hydrogen) atoms. The lowest BCUT2D eigenvalue weighted by atomic mass is 10.1. The molecule has 1 unspecified atom stereocenters. The number of amides is 3. The summed E-state index contributed by atoms with van der Waals surface area (Å²) in [5, 5.41) is 4.96. The maximum Gasteiger partial charge on any atom is 0.246 e. The molecule has 3 rings (SSSR count). The van der Waals surface area contributed by atoms with Crippen molar-refractivity contribution in [2.75, 3.05) is 20.1 Å². The number of carbonyl (C=O) groups is 3. The van der Waals surface area contributed by atoms with Gasteiger partial charge in [0, 0.05) is 25.0 Å². The molecule has 2 aliphatic heterocycles. The minimum Gasteiger partial charge on any atom is -0.337 e. The zero-order valence-electron chi connectivity index (χ0n) is 11.8. The Labute approximate surface area is 126 Å². The molecule has 1 saturated heterocycles. The zero-order chi connectivity index (χ0) is 15.0. The Morgan fingerprint density at radius 3 is 3.00 bits per heavy atom. The summed E-state index contributed by atoms with van der Waals surface area (Å²) < 4.78 is 0. The Morgan fingerprint density at radius 2 is 2.29 bits per heavy atom. The van der Waals surface area contributed by atoms with E-state index in [9.17, 15) is 14.4 Å². The molecule has 1 N–H and O–H groups in total. The summed E-state index contributed by atoms with van der Waals surface area (Å²) in [5.41, 5.74) is 1.21. The van der Waals surface area contributed by atoms with Gasteiger partial charge in [-0.2, -0.15) is 0 Å². The smallest absolute Gasteiger partial charge is 0.246 e. The number of nitrogens with zero attached hydrogens (tertiary/aromatic N) is 2. The topological polar surface area (TPSA) is 69.7 Å². The molecule has 0 aromatic carbocycles. The molecule has 7 heteroatoms. The van der Waals surface area contributed by atoms with E-state index in [1.807, 2.05) is 0 Å². The van der Waals surface area contributed by atoms with Crippen molar-refractivity contribution in [2.24, 2.45) is 0 Å². The fraction of sp³-hybridized carbons (Fsp3) is 0.500. The number of thiophene rings is 1. The number of imide groups is 1. The number of hydrogen-bond donors (Lipinski definition) is 1. The van der Waals surface area contributed by atoms with Crippen molar-refractivity contribution in [3.05, 3.63) is 21.9 Å². The normalized spacial score (nSPS) is 21.9. The largest absolute Gasteiger partial charge is 0.337 e. The van der Waals surface area contributed by atoms with E-state index in [1.165, 1.54) is 17.5 Å². The van der Waals surface area contributed by atoms with Crippen LogP contribution in [-0.2, 0) is 27.3 Å². The molecule has 0 saturated carbocycles. The van der Waals surface area contributed by atoms with Crippen LogP contribution < -0.4 is 5.32 Å². The molecule has 112 valence electrons. The Balaban J connectivity index is 1.54. The molecule has 1 fully saturated rings. The fourth-order valence-corrected chi connectivity index (χ4v) is 3.59. The van der Waals surface area contributed by atoms with E-state index in [1.54, 1.807) is 16.2 Å². The van der Waals surface area contributed by atoms with E-state index >= 15 is 0 Å². The number of likely N-dealkylation sites (tertiary alicyclic amines) is 1. The van der Waals surface area contributed by atoms with Crippen LogP contribution in [0.15, 0.2) is 11.4 Å². The number of fused-ring (bicyclic) bond motifs is 1. The molecule has 2 aliphatic rings. The second-order valence-electron chi connectivity index (χ2n) is 5.36. The quantitative estimate of drug-likeness (QED) is 0.797. The van der Waals surface area contributed by atoms with Crippen LogP contribution in [0.3, 0.4) is 0 Å². The van der Waals surface area contributed by atoms with Crippen molar-refractivity contribution in [1.82, 2.24) is 15.1 Å². The highest BCUT2D eigenvalue weighted by atomic mass is 32.1. The molecular weight excluding hydrogens is 290 g/mol. The van der Waals surface area contributed by atoms with Gasteiger partial charge in [-0.3, -0.25) is 24.6 Å². The average Bonchev–Trinajstić information content (AvgIpc) is 3.04. The summed E-state index contributed by atoms with van der Waals surface area (Å²) in [5.74, 6) is -0.487. The Morgan fingerprint density at radius 1 is 1.48 bits per heavy atom. The van der Waals surface area contributed by atoms with Crippen molar-refractivity contribution < 1.29 is 14.4 Å². The summed E-state index contributed by atoms with van der Waals surface area (Å²) in [6.45, 7) is 1.44. The first-order chi connectivity index (χ1) is 10.1. The van der Waals surface area contributed by atoms with Gasteiger partial charge in [-0.1, -0.05) is 0 Å². The maximum absolute atomic E-state index is 12.2. The van der Waals surface area contributed by atoms with Gasteiger partial charge in [0.25, 0.3) is 0 Å². The molecular formula is C14H17N3O3S. The number of carbonyl (C=O) groups excluding carboxylic acids is 3. The van der Waals surface area contributed by atoms with Gasteiger partial charge in [0.15, 0.2) is 0 Å². The van der Waals surface area contributed by atoms with Gasteiger partial charge in [0.05, 0.1) is 19.0 Å². The minimum atomic E-state index is -0.562. The monoisotopic (exact) mass is 307 g/mol. The van der Waals surface area contributed by atoms with Crippen LogP contribution in [-0.4, -0.2) is 53.7 Å². The molecule has 1 atom stereocenters. The number of nitrogens with one attached hydrogen (secondary N) is 1. The summed E-state index contributed by atoms with van der Waals surface area (Å²) in [7, 11) is 1.47. The van der Waals surface area contributed by atoms with Crippen LogP contribution in [0, 0.1) is 0 Å². The van der Waals surface area contributed by atoms with Crippen molar-refractivity contribution in [3.63, 3.8) is 0 Å². The van der Waals surface area contributed by atoms with Crippen LogP contribution in [0.5, 0.6) is 0 Å². The first-order valence-corrected chi connectivity index (χ1v) is 7.81. The predicted octanol–water partition coefficient (Wildman–Crippen LogP) is -0.0203. The maximum atomic E-state index is 12.2. The van der Waals surface area contributed by atoms with Gasteiger partial charge in [-0.25, -0.2) is 0 Å². The fourth-order valence-electron chi connectivity index (χ4n) is 2.70. The Kier molecular flexibility index (Phi) is 3.77. The van der Waals surface area contributed by atoms with E-state index in [0.717, 1.165) is 11.3 Å². The Bertz CT molecular complexity index is 598. The predicted molar refractivity (Wildman–Crippen MR) is 77.6 cm³/mol. The summed E-state index contributed by atoms with van der Waals surface area (Å²) in [6, 6.07) is 1.49. The number of rotatable bonds is 3. The van der Waals surface area contributed by atoms with Crippen LogP contribution in [0.1, 0.15) is 16.9 Å². The standard InChI is InChI=1S/C14H17N3O3S/c1-16-12(18)6-10(14(16)20)15-7-13(19)17-4-2-11-9(8-17)3-5-21-11/h3,5,10,15H,2,4,6-8H2,1H3. The average molecular weight is 307 g/mol. The lowest BCUT2D eigenvalue weighted by Gasteiger charge is -2.27. The van der Waals surface area contributed by atoms with Gasteiger partial charge >= 0.3 is 0 Å². The second kappa shape index (κ2) is 5.57. The third kappa shape index (κ3) is 2.71. The van der Waals surface area contributed by atoms with Crippen molar-refractivity contribution in [1.29, 1.82) is 0 Å². The van der Waals surface area contributed by atoms with Crippen LogP contribution in [0.2, 0.25) is 0 Å².